The molecule has 10 heteroatoms. The van der Waals surface area contributed by atoms with Crippen molar-refractivity contribution < 1.29 is 22.5 Å². The molecule has 2 N–H and O–H groups in total. The number of halogens is 3. The van der Waals surface area contributed by atoms with Crippen LogP contribution in [0.25, 0.3) is 5.52 Å². The smallest absolute Gasteiger partial charge is 0.447 e. The van der Waals surface area contributed by atoms with Crippen LogP contribution in [-0.2, 0) is 4.57 Å². The average molecular weight is 616 g/mol. The van der Waals surface area contributed by atoms with E-state index in [1.165, 1.54) is 32.8 Å². The van der Waals surface area contributed by atoms with Gasteiger partial charge in [0.2, 0.25) is 0 Å². The first kappa shape index (κ1) is 29.4. The molecule has 0 spiro atoms. The minimum Gasteiger partial charge on any atom is -0.495 e. The van der Waals surface area contributed by atoms with Crippen LogP contribution >= 0.6 is 18.9 Å². The van der Waals surface area contributed by atoms with Gasteiger partial charge in [-0.05, 0) is 105 Å². The summed E-state index contributed by atoms with van der Waals surface area (Å²) in [6.07, 6.45) is 7.84. The van der Waals surface area contributed by atoms with Crippen molar-refractivity contribution in [3.63, 3.8) is 0 Å². The molecule has 0 saturated heterocycles. The summed E-state index contributed by atoms with van der Waals surface area (Å²) in [7, 11) is -0.914. The number of benzene rings is 1. The predicted molar refractivity (Wildman–Crippen MR) is 166 cm³/mol. The molecule has 0 aliphatic heterocycles. The highest BCUT2D eigenvalue weighted by atomic mass is 32.2. The molecule has 1 aromatic carbocycles. The zero-order chi connectivity index (χ0) is 29.9. The van der Waals surface area contributed by atoms with E-state index >= 15 is 0 Å². The van der Waals surface area contributed by atoms with Gasteiger partial charge in [0.05, 0.1) is 36.1 Å². The number of hydrogen-bond acceptors (Lipinski definition) is 5. The van der Waals surface area contributed by atoms with Gasteiger partial charge in [0.25, 0.3) is 0 Å². The monoisotopic (exact) mass is 615 g/mol. The maximum absolute atomic E-state index is 13.7. The molecule has 3 aliphatic rings. The number of aromatic nitrogens is 1. The fourth-order valence-electron chi connectivity index (χ4n) is 7.69. The van der Waals surface area contributed by atoms with Crippen molar-refractivity contribution in [3.8, 4) is 17.6 Å². The summed E-state index contributed by atoms with van der Waals surface area (Å²) < 4.78 is 60.5. The first-order valence-electron chi connectivity index (χ1n) is 14.5. The summed E-state index contributed by atoms with van der Waals surface area (Å²) in [5.41, 5.74) is -1.40. The molecule has 5 atom stereocenters. The lowest BCUT2D eigenvalue weighted by molar-refractivity contribution is -0.0329. The molecule has 5 nitrogen and oxygen atoms in total. The minimum atomic E-state index is -4.45. The molecule has 2 aromatic heterocycles. The number of thioether (sulfide) groups is 1. The fraction of sp³-hybridized carbons (Fsp3) is 0.500. The van der Waals surface area contributed by atoms with Crippen LogP contribution in [0.3, 0.4) is 0 Å². The molecule has 3 saturated carbocycles. The molecular formula is C32H37F3N3O2PS. The van der Waals surface area contributed by atoms with Gasteiger partial charge in [0, 0.05) is 29.3 Å². The zero-order valence-electron chi connectivity index (χ0n) is 24.3. The van der Waals surface area contributed by atoms with Crippen molar-refractivity contribution in [1.29, 1.82) is 0 Å². The van der Waals surface area contributed by atoms with E-state index < -0.39 is 12.7 Å². The second-order valence-electron chi connectivity index (χ2n) is 12.7. The van der Waals surface area contributed by atoms with E-state index in [4.69, 9.17) is 4.74 Å². The van der Waals surface area contributed by atoms with Crippen molar-refractivity contribution in [2.24, 2.45) is 23.2 Å². The molecule has 2 bridgehead atoms. The van der Waals surface area contributed by atoms with Crippen LogP contribution < -0.4 is 20.7 Å². The van der Waals surface area contributed by atoms with Gasteiger partial charge in [-0.1, -0.05) is 18.8 Å². The third-order valence-corrected chi connectivity index (χ3v) is 12.0. The van der Waals surface area contributed by atoms with Gasteiger partial charge in [-0.15, -0.1) is 0 Å². The molecule has 0 radical (unpaired) electrons. The molecule has 3 fully saturated rings. The van der Waals surface area contributed by atoms with E-state index in [1.54, 1.807) is 48.2 Å². The maximum Gasteiger partial charge on any atom is 0.447 e. The van der Waals surface area contributed by atoms with Crippen molar-refractivity contribution >= 4 is 41.1 Å². The lowest BCUT2D eigenvalue weighted by Gasteiger charge is -2.50. The van der Waals surface area contributed by atoms with Gasteiger partial charge in [0.1, 0.15) is 17.9 Å². The number of fused-ring (bicyclic) bond motifs is 2. The summed E-state index contributed by atoms with van der Waals surface area (Å²) in [4.78, 5) is 0. The SMILES string of the molecule is COc1cc(P(C)(C)=O)ccc1NCC#Cc1cc2c(N[C@@H]3CC[C@@H]4C[C@@]5(C)C[C@H]3CC45)cccn2c1SC(F)(F)F. The topological polar surface area (TPSA) is 54.8 Å². The second kappa shape index (κ2) is 10.8. The summed E-state index contributed by atoms with van der Waals surface area (Å²) in [6, 6.07) is 11.2. The maximum atomic E-state index is 13.7. The number of nitrogens with one attached hydrogen (secondary N) is 2. The van der Waals surface area contributed by atoms with Crippen LogP contribution in [0.5, 0.6) is 5.75 Å². The Bertz CT molecular complexity index is 1620. The second-order valence-corrected chi connectivity index (χ2v) is 17.0. The molecule has 6 rings (SSSR count). The molecule has 42 heavy (non-hydrogen) atoms. The number of hydrogen-bond donors (Lipinski definition) is 2. The average Bonchev–Trinajstić information content (AvgIpc) is 3.33. The summed E-state index contributed by atoms with van der Waals surface area (Å²) in [6.45, 7) is 6.03. The summed E-state index contributed by atoms with van der Waals surface area (Å²) >= 11 is -0.131. The summed E-state index contributed by atoms with van der Waals surface area (Å²) in [5.74, 6) is 8.78. The first-order valence-corrected chi connectivity index (χ1v) is 17.9. The van der Waals surface area contributed by atoms with Gasteiger partial charge >= 0.3 is 5.51 Å². The highest BCUT2D eigenvalue weighted by molar-refractivity contribution is 8.00. The van der Waals surface area contributed by atoms with E-state index in [-0.39, 0.29) is 23.3 Å². The number of pyridine rings is 1. The van der Waals surface area contributed by atoms with Gasteiger partial charge < -0.3 is 24.3 Å². The minimum absolute atomic E-state index is 0.0628. The normalized spacial score (nSPS) is 26.6. The fourth-order valence-corrected chi connectivity index (χ4v) is 9.25. The molecule has 0 amide bonds. The Morgan fingerprint density at radius 1 is 1.14 bits per heavy atom. The highest BCUT2D eigenvalue weighted by Gasteiger charge is 2.58. The van der Waals surface area contributed by atoms with Crippen molar-refractivity contribution in [3.05, 3.63) is 48.2 Å². The first-order chi connectivity index (χ1) is 19.8. The third kappa shape index (κ3) is 5.65. The quantitative estimate of drug-likeness (QED) is 0.161. The largest absolute Gasteiger partial charge is 0.495 e. The van der Waals surface area contributed by atoms with Crippen molar-refractivity contribution in [2.45, 2.75) is 55.6 Å². The number of methoxy groups -OCH3 is 1. The standard InChI is InChI=1S/C32H37F3N3O2PS/c1-31-18-21-9-11-25(22(19-31)15-24(21)31)37-26-8-6-14-38-28(26)16-20(30(38)42-32(33,34)35)7-5-13-36-27-12-10-23(41(3,4)39)17-29(27)40-2/h6,8,10,12,14,16-17,21-22,24-25,36-37H,9,11,13,15,18-19H2,1-4H3/t21-,22-,24?,25-,31+/m1/s1. The molecule has 3 aliphatic carbocycles. The van der Waals surface area contributed by atoms with Crippen LogP contribution in [0.2, 0.25) is 0 Å². The predicted octanol–water partition coefficient (Wildman–Crippen LogP) is 7.90. The zero-order valence-corrected chi connectivity index (χ0v) is 26.1. The van der Waals surface area contributed by atoms with Crippen LogP contribution in [0, 0.1) is 35.0 Å². The van der Waals surface area contributed by atoms with Crippen LogP contribution in [-0.4, -0.2) is 42.9 Å². The molecular weight excluding hydrogens is 578 g/mol. The number of anilines is 2. The summed E-state index contributed by atoms with van der Waals surface area (Å²) in [5, 5.41) is 7.71. The Morgan fingerprint density at radius 2 is 1.93 bits per heavy atom. The number of ether oxygens (including phenoxy) is 1. The van der Waals surface area contributed by atoms with E-state index in [0.29, 0.717) is 45.2 Å². The van der Waals surface area contributed by atoms with Crippen molar-refractivity contribution in [1.82, 2.24) is 4.40 Å². The van der Waals surface area contributed by atoms with Gasteiger partial charge in [0.15, 0.2) is 0 Å². The Morgan fingerprint density at radius 3 is 2.67 bits per heavy atom. The molecule has 2 heterocycles. The molecule has 224 valence electrons. The van der Waals surface area contributed by atoms with Crippen LogP contribution in [0.15, 0.2) is 47.6 Å². The Labute approximate surface area is 249 Å². The van der Waals surface area contributed by atoms with E-state index in [1.807, 2.05) is 12.1 Å². The number of nitrogens with zero attached hydrogens (tertiary/aromatic N) is 1. The molecule has 3 aromatic rings. The van der Waals surface area contributed by atoms with E-state index in [0.717, 1.165) is 23.9 Å². The van der Waals surface area contributed by atoms with Crippen molar-refractivity contribution in [2.75, 3.05) is 37.6 Å². The van der Waals surface area contributed by atoms with E-state index in [2.05, 4.69) is 29.4 Å². The Balaban J connectivity index is 1.25. The van der Waals surface area contributed by atoms with Gasteiger partial charge in [-0.3, -0.25) is 0 Å². The number of alkyl halides is 3. The Hall–Kier alpha value is -2.69. The Kier molecular flexibility index (Phi) is 7.55. The van der Waals surface area contributed by atoms with Gasteiger partial charge in [-0.25, -0.2) is 0 Å². The van der Waals surface area contributed by atoms with Crippen LogP contribution in [0.4, 0.5) is 24.5 Å². The lowest BCUT2D eigenvalue weighted by Crippen LogP contribution is -2.43. The van der Waals surface area contributed by atoms with Crippen LogP contribution in [0.1, 0.15) is 44.6 Å². The van der Waals surface area contributed by atoms with E-state index in [9.17, 15) is 17.7 Å². The highest BCUT2D eigenvalue weighted by Crippen LogP contribution is 2.66. The number of rotatable bonds is 7. The third-order valence-electron chi connectivity index (χ3n) is 9.61. The van der Waals surface area contributed by atoms with Gasteiger partial charge in [-0.2, -0.15) is 13.2 Å². The molecule has 1 unspecified atom stereocenters. The lowest BCUT2D eigenvalue weighted by atomic mass is 9.55.